The molecule has 5 nitrogen and oxygen atoms in total. The Balaban J connectivity index is 1.33. The summed E-state index contributed by atoms with van der Waals surface area (Å²) in [6.45, 7) is 12.3. The first-order valence-corrected chi connectivity index (χ1v) is 10.9. The van der Waals surface area contributed by atoms with Crippen molar-refractivity contribution in [2.75, 3.05) is 26.2 Å². The Hall–Kier alpha value is -2.02. The fourth-order valence-electron chi connectivity index (χ4n) is 3.78. The van der Waals surface area contributed by atoms with Gasteiger partial charge in [-0.1, -0.05) is 38.1 Å². The van der Waals surface area contributed by atoms with E-state index in [0.29, 0.717) is 5.92 Å². The molecule has 0 bridgehead atoms. The average Bonchev–Trinajstić information content (AvgIpc) is 3.05. The molecule has 0 unspecified atom stereocenters. The minimum absolute atomic E-state index is 0.0298. The van der Waals surface area contributed by atoms with Crippen molar-refractivity contribution in [3.63, 3.8) is 0 Å². The molecule has 1 aliphatic rings. The molecule has 1 fully saturated rings. The summed E-state index contributed by atoms with van der Waals surface area (Å²) in [6.07, 6.45) is 0. The van der Waals surface area contributed by atoms with Gasteiger partial charge in [-0.2, -0.15) is 0 Å². The molecule has 6 heteroatoms. The van der Waals surface area contributed by atoms with Crippen LogP contribution in [0.3, 0.4) is 0 Å². The lowest BCUT2D eigenvalue weighted by Crippen LogP contribution is -2.45. The summed E-state index contributed by atoms with van der Waals surface area (Å²) in [5.74, 6) is 0.580. The third kappa shape index (κ3) is 4.19. The van der Waals surface area contributed by atoms with E-state index in [4.69, 9.17) is 0 Å². The van der Waals surface area contributed by atoms with Gasteiger partial charge in [0.05, 0.1) is 5.69 Å². The van der Waals surface area contributed by atoms with Crippen molar-refractivity contribution in [1.82, 2.24) is 19.2 Å². The lowest BCUT2D eigenvalue weighted by molar-refractivity contribution is 0.121. The number of thiazole rings is 1. The molecule has 1 saturated heterocycles. The third-order valence-corrected chi connectivity index (χ3v) is 6.48. The van der Waals surface area contributed by atoms with E-state index in [1.807, 2.05) is 12.3 Å². The predicted molar refractivity (Wildman–Crippen MR) is 115 cm³/mol. The molecule has 1 aliphatic heterocycles. The molecule has 0 spiro atoms. The van der Waals surface area contributed by atoms with E-state index in [9.17, 15) is 4.79 Å². The van der Waals surface area contributed by atoms with Crippen LogP contribution in [0.4, 0.5) is 0 Å². The van der Waals surface area contributed by atoms with Crippen LogP contribution in [0.25, 0.3) is 4.96 Å². The van der Waals surface area contributed by atoms with E-state index in [0.717, 1.165) is 55.6 Å². The van der Waals surface area contributed by atoms with Crippen LogP contribution < -0.4 is 5.56 Å². The maximum atomic E-state index is 12.3. The van der Waals surface area contributed by atoms with Crippen molar-refractivity contribution in [3.8, 4) is 0 Å². The van der Waals surface area contributed by atoms with Gasteiger partial charge in [-0.15, -0.1) is 11.3 Å². The van der Waals surface area contributed by atoms with Crippen LogP contribution in [-0.2, 0) is 13.1 Å². The predicted octanol–water partition coefficient (Wildman–Crippen LogP) is 3.51. The average molecular weight is 397 g/mol. The first-order valence-electron chi connectivity index (χ1n) is 10.00. The van der Waals surface area contributed by atoms with Crippen molar-refractivity contribution in [2.45, 2.75) is 39.8 Å². The minimum atomic E-state index is 0.0298. The fraction of sp³-hybridized carbons (Fsp3) is 0.455. The molecule has 3 aromatic rings. The number of nitrogens with zero attached hydrogens (tertiary/aromatic N) is 4. The molecule has 148 valence electrons. The van der Waals surface area contributed by atoms with Crippen LogP contribution in [0.1, 0.15) is 42.3 Å². The Labute approximate surface area is 170 Å². The van der Waals surface area contributed by atoms with E-state index in [2.05, 4.69) is 52.9 Å². The SMILES string of the molecule is Cc1csc2nc(CN3CCN(Cc4ccc(C(C)C)cc4)CC3)cc(=O)n12. The van der Waals surface area contributed by atoms with Crippen LogP contribution in [0.2, 0.25) is 0 Å². The molecule has 3 heterocycles. The number of fused-ring (bicyclic) bond motifs is 1. The Morgan fingerprint density at radius 1 is 1.04 bits per heavy atom. The highest BCUT2D eigenvalue weighted by Gasteiger charge is 2.18. The molecule has 1 aromatic carbocycles. The van der Waals surface area contributed by atoms with E-state index in [1.54, 1.807) is 10.5 Å². The Kier molecular flexibility index (Phi) is 5.62. The van der Waals surface area contributed by atoms with Crippen LogP contribution >= 0.6 is 11.3 Å². The highest BCUT2D eigenvalue weighted by molar-refractivity contribution is 7.15. The summed E-state index contributed by atoms with van der Waals surface area (Å²) in [5, 5.41) is 1.99. The van der Waals surface area contributed by atoms with E-state index < -0.39 is 0 Å². The second kappa shape index (κ2) is 8.15. The minimum Gasteiger partial charge on any atom is -0.297 e. The zero-order valence-electron chi connectivity index (χ0n) is 16.9. The second-order valence-corrected chi connectivity index (χ2v) is 8.87. The molecular formula is C22H28N4OS. The highest BCUT2D eigenvalue weighted by atomic mass is 32.1. The summed E-state index contributed by atoms with van der Waals surface area (Å²) >= 11 is 1.53. The topological polar surface area (TPSA) is 40.9 Å². The van der Waals surface area contributed by atoms with Gasteiger partial charge in [0.1, 0.15) is 0 Å². The molecule has 0 atom stereocenters. The highest BCUT2D eigenvalue weighted by Crippen LogP contribution is 2.17. The van der Waals surface area contributed by atoms with Gasteiger partial charge in [-0.25, -0.2) is 4.98 Å². The zero-order chi connectivity index (χ0) is 19.7. The monoisotopic (exact) mass is 396 g/mol. The van der Waals surface area contributed by atoms with Crippen molar-refractivity contribution < 1.29 is 0 Å². The maximum absolute atomic E-state index is 12.3. The van der Waals surface area contributed by atoms with Gasteiger partial charge in [0.15, 0.2) is 4.96 Å². The molecule has 28 heavy (non-hydrogen) atoms. The number of hydrogen-bond donors (Lipinski definition) is 0. The lowest BCUT2D eigenvalue weighted by atomic mass is 10.0. The van der Waals surface area contributed by atoms with Gasteiger partial charge < -0.3 is 0 Å². The summed E-state index contributed by atoms with van der Waals surface area (Å²) < 4.78 is 1.69. The van der Waals surface area contributed by atoms with Crippen molar-refractivity contribution in [3.05, 3.63) is 68.6 Å². The molecule has 0 aliphatic carbocycles. The zero-order valence-corrected chi connectivity index (χ0v) is 17.7. The van der Waals surface area contributed by atoms with E-state index >= 15 is 0 Å². The maximum Gasteiger partial charge on any atom is 0.259 e. The van der Waals surface area contributed by atoms with E-state index in [1.165, 1.54) is 22.5 Å². The van der Waals surface area contributed by atoms with Crippen LogP contribution in [0.15, 0.2) is 40.5 Å². The molecule has 4 rings (SSSR count). The first-order chi connectivity index (χ1) is 13.5. The molecule has 2 aromatic heterocycles. The van der Waals surface area contributed by atoms with Gasteiger partial charge in [0, 0.05) is 56.4 Å². The largest absolute Gasteiger partial charge is 0.297 e. The second-order valence-electron chi connectivity index (χ2n) is 8.03. The van der Waals surface area contributed by atoms with Crippen LogP contribution in [-0.4, -0.2) is 45.4 Å². The lowest BCUT2D eigenvalue weighted by Gasteiger charge is -2.34. The van der Waals surface area contributed by atoms with Gasteiger partial charge in [-0.05, 0) is 24.0 Å². The number of aryl methyl sites for hydroxylation is 1. The van der Waals surface area contributed by atoms with Gasteiger partial charge in [0.2, 0.25) is 0 Å². The van der Waals surface area contributed by atoms with Crippen molar-refractivity contribution in [1.29, 1.82) is 0 Å². The number of aromatic nitrogens is 2. The number of piperazine rings is 1. The molecule has 0 N–H and O–H groups in total. The van der Waals surface area contributed by atoms with Crippen LogP contribution in [0.5, 0.6) is 0 Å². The van der Waals surface area contributed by atoms with Crippen molar-refractivity contribution >= 4 is 16.3 Å². The standard InChI is InChI=1S/C22H28N4OS/c1-16(2)19-6-4-18(5-7-19)13-24-8-10-25(11-9-24)14-20-12-21(27)26-17(3)15-28-22(26)23-20/h4-7,12,15-16H,8-11,13-14H2,1-3H3. The summed E-state index contributed by atoms with van der Waals surface area (Å²) in [4.78, 5) is 22.7. The Bertz CT molecular complexity index is 998. The molecular weight excluding hydrogens is 368 g/mol. The summed E-state index contributed by atoms with van der Waals surface area (Å²) in [5.41, 5.74) is 4.65. The quantitative estimate of drug-likeness (QED) is 0.662. The smallest absolute Gasteiger partial charge is 0.259 e. The summed E-state index contributed by atoms with van der Waals surface area (Å²) in [7, 11) is 0. The number of benzene rings is 1. The van der Waals surface area contributed by atoms with E-state index in [-0.39, 0.29) is 5.56 Å². The van der Waals surface area contributed by atoms with Crippen molar-refractivity contribution in [2.24, 2.45) is 0 Å². The summed E-state index contributed by atoms with van der Waals surface area (Å²) in [6, 6.07) is 10.7. The third-order valence-electron chi connectivity index (χ3n) is 5.53. The Morgan fingerprint density at radius 2 is 1.68 bits per heavy atom. The van der Waals surface area contributed by atoms with Gasteiger partial charge in [0.25, 0.3) is 5.56 Å². The number of rotatable bonds is 5. The first kappa shape index (κ1) is 19.3. The van der Waals surface area contributed by atoms with Gasteiger partial charge >= 0.3 is 0 Å². The fourth-order valence-corrected chi connectivity index (χ4v) is 4.67. The molecule has 0 saturated carbocycles. The Morgan fingerprint density at radius 3 is 2.32 bits per heavy atom. The normalized spacial score (nSPS) is 16.3. The van der Waals surface area contributed by atoms with Crippen LogP contribution in [0, 0.1) is 6.92 Å². The molecule has 0 radical (unpaired) electrons. The number of hydrogen-bond acceptors (Lipinski definition) is 5. The van der Waals surface area contributed by atoms with Gasteiger partial charge in [-0.3, -0.25) is 19.0 Å². The molecule has 0 amide bonds.